The second-order valence-electron chi connectivity index (χ2n) is 6.80. The highest BCUT2D eigenvalue weighted by atomic mass is 16.4. The molecule has 1 aromatic carbocycles. The molecular weight excluding hydrogens is 332 g/mol. The Kier molecular flexibility index (Phi) is 5.04. The minimum absolute atomic E-state index is 0.0597. The lowest BCUT2D eigenvalue weighted by atomic mass is 9.71. The molecule has 6 nitrogen and oxygen atoms in total. The number of β-amino-alcohol motifs (C(OH)–C–C–N with tert-alkyl or cyclic N) is 1. The van der Waals surface area contributed by atoms with E-state index in [-0.39, 0.29) is 18.7 Å². The lowest BCUT2D eigenvalue weighted by Gasteiger charge is -2.43. The summed E-state index contributed by atoms with van der Waals surface area (Å²) < 4.78 is 0. The van der Waals surface area contributed by atoms with E-state index in [0.717, 1.165) is 5.56 Å². The number of Topliss-reactive ketones (excluding diaryl/α,β-unsaturated/α-hetero) is 1. The number of benzene rings is 1. The van der Waals surface area contributed by atoms with Gasteiger partial charge in [0.25, 0.3) is 0 Å². The number of aliphatic hydroxyl groups is 1. The third-order valence-corrected chi connectivity index (χ3v) is 5.13. The monoisotopic (exact) mass is 354 g/mol. The molecule has 2 atom stereocenters. The Morgan fingerprint density at radius 1 is 1.23 bits per heavy atom. The lowest BCUT2D eigenvalue weighted by Crippen LogP contribution is -2.56. The molecule has 1 saturated heterocycles. The fourth-order valence-electron chi connectivity index (χ4n) is 3.46. The van der Waals surface area contributed by atoms with Gasteiger partial charge in [0.15, 0.2) is 5.78 Å². The maximum Gasteiger partial charge on any atom is 0.312 e. The van der Waals surface area contributed by atoms with E-state index in [9.17, 15) is 19.8 Å². The SMILES string of the molecule is CC(=O)c1ccc(N2CC[C@](Cc3ccccc3)(C(=O)O)[C@H](O)C2)nc1. The number of carboxylic acid groups (broad SMARTS) is 1. The van der Waals surface area contributed by atoms with E-state index in [1.807, 2.05) is 35.2 Å². The largest absolute Gasteiger partial charge is 0.481 e. The number of hydrogen-bond donors (Lipinski definition) is 2. The number of carbonyl (C=O) groups excluding carboxylic acids is 1. The standard InChI is InChI=1S/C20H22N2O4/c1-14(23)16-7-8-18(21-12-16)22-10-9-20(19(25)26,17(24)13-22)11-15-5-3-2-4-6-15/h2-8,12,17,24H,9-11,13H2,1H3,(H,25,26)/t17-,20-/m1/s1. The Bertz CT molecular complexity index is 791. The van der Waals surface area contributed by atoms with Crippen LogP contribution in [0.4, 0.5) is 5.82 Å². The number of nitrogens with zero attached hydrogens (tertiary/aromatic N) is 2. The Balaban J connectivity index is 1.79. The van der Waals surface area contributed by atoms with E-state index in [1.165, 1.54) is 13.1 Å². The number of rotatable bonds is 5. The topological polar surface area (TPSA) is 90.7 Å². The maximum atomic E-state index is 12.0. The molecule has 1 aliphatic rings. The fraction of sp³-hybridized carbons (Fsp3) is 0.350. The first-order chi connectivity index (χ1) is 12.4. The van der Waals surface area contributed by atoms with Gasteiger partial charge in [0.2, 0.25) is 0 Å². The number of pyridine rings is 1. The molecule has 0 amide bonds. The highest BCUT2D eigenvalue weighted by Gasteiger charge is 2.48. The summed E-state index contributed by atoms with van der Waals surface area (Å²) in [4.78, 5) is 29.5. The second kappa shape index (κ2) is 7.25. The van der Waals surface area contributed by atoms with Crippen molar-refractivity contribution in [3.8, 4) is 0 Å². The first kappa shape index (κ1) is 18.1. The number of aromatic nitrogens is 1. The molecule has 2 N–H and O–H groups in total. The van der Waals surface area contributed by atoms with Crippen molar-refractivity contribution in [3.63, 3.8) is 0 Å². The van der Waals surface area contributed by atoms with Gasteiger partial charge in [0, 0.05) is 24.8 Å². The van der Waals surface area contributed by atoms with Crippen LogP contribution < -0.4 is 4.90 Å². The van der Waals surface area contributed by atoms with Crippen molar-refractivity contribution < 1.29 is 19.8 Å². The van der Waals surface area contributed by atoms with Crippen LogP contribution >= 0.6 is 0 Å². The first-order valence-electron chi connectivity index (χ1n) is 8.60. The number of aliphatic hydroxyl groups excluding tert-OH is 1. The van der Waals surface area contributed by atoms with Crippen LogP contribution in [0.5, 0.6) is 0 Å². The number of anilines is 1. The number of carbonyl (C=O) groups is 2. The molecule has 0 spiro atoms. The Hall–Kier alpha value is -2.73. The van der Waals surface area contributed by atoms with Crippen molar-refractivity contribution >= 4 is 17.6 Å². The van der Waals surface area contributed by atoms with Crippen molar-refractivity contribution in [3.05, 3.63) is 59.8 Å². The van der Waals surface area contributed by atoms with Crippen LogP contribution in [0.15, 0.2) is 48.7 Å². The van der Waals surface area contributed by atoms with Gasteiger partial charge in [-0.05, 0) is 37.5 Å². The molecule has 3 rings (SSSR count). The zero-order valence-corrected chi connectivity index (χ0v) is 14.6. The number of aliphatic carboxylic acids is 1. The Morgan fingerprint density at radius 3 is 2.50 bits per heavy atom. The highest BCUT2D eigenvalue weighted by molar-refractivity contribution is 5.93. The molecule has 26 heavy (non-hydrogen) atoms. The summed E-state index contributed by atoms with van der Waals surface area (Å²) in [6.07, 6.45) is 1.08. The number of hydrogen-bond acceptors (Lipinski definition) is 5. The summed E-state index contributed by atoms with van der Waals surface area (Å²) >= 11 is 0. The van der Waals surface area contributed by atoms with Gasteiger partial charge < -0.3 is 15.1 Å². The molecular formula is C20H22N2O4. The molecule has 6 heteroatoms. The van der Waals surface area contributed by atoms with Gasteiger partial charge in [-0.2, -0.15) is 0 Å². The van der Waals surface area contributed by atoms with E-state index in [1.54, 1.807) is 12.1 Å². The van der Waals surface area contributed by atoms with Crippen LogP contribution in [0.2, 0.25) is 0 Å². The summed E-state index contributed by atoms with van der Waals surface area (Å²) in [5.74, 6) is -0.406. The minimum Gasteiger partial charge on any atom is -0.481 e. The Labute approximate surface area is 152 Å². The molecule has 0 saturated carbocycles. The zero-order valence-electron chi connectivity index (χ0n) is 14.6. The minimum atomic E-state index is -1.21. The van der Waals surface area contributed by atoms with Gasteiger partial charge in [-0.25, -0.2) is 4.98 Å². The normalized spacial score (nSPS) is 22.8. The first-order valence-corrected chi connectivity index (χ1v) is 8.60. The third-order valence-electron chi connectivity index (χ3n) is 5.13. The van der Waals surface area contributed by atoms with Gasteiger partial charge in [-0.3, -0.25) is 9.59 Å². The van der Waals surface area contributed by atoms with E-state index < -0.39 is 17.5 Å². The van der Waals surface area contributed by atoms with Gasteiger partial charge >= 0.3 is 5.97 Å². The average molecular weight is 354 g/mol. The molecule has 1 fully saturated rings. The fourth-order valence-corrected chi connectivity index (χ4v) is 3.46. The van der Waals surface area contributed by atoms with Crippen molar-refractivity contribution in [1.29, 1.82) is 0 Å². The van der Waals surface area contributed by atoms with E-state index in [2.05, 4.69) is 4.98 Å². The van der Waals surface area contributed by atoms with Gasteiger partial charge in [0.1, 0.15) is 11.2 Å². The maximum absolute atomic E-state index is 12.0. The molecule has 0 unspecified atom stereocenters. The lowest BCUT2D eigenvalue weighted by molar-refractivity contribution is -0.158. The summed E-state index contributed by atoms with van der Waals surface area (Å²) in [6, 6.07) is 12.8. The third kappa shape index (κ3) is 3.46. The molecule has 2 heterocycles. The van der Waals surface area contributed by atoms with Crippen LogP contribution in [-0.4, -0.2) is 46.1 Å². The summed E-state index contributed by atoms with van der Waals surface area (Å²) in [5, 5.41) is 20.6. The molecule has 2 aromatic rings. The van der Waals surface area contributed by atoms with Crippen LogP contribution in [-0.2, 0) is 11.2 Å². The summed E-state index contributed by atoms with van der Waals surface area (Å²) in [7, 11) is 0. The number of carboxylic acids is 1. The second-order valence-corrected chi connectivity index (χ2v) is 6.80. The van der Waals surface area contributed by atoms with Crippen molar-refractivity contribution in [2.24, 2.45) is 5.41 Å². The van der Waals surface area contributed by atoms with Crippen LogP contribution in [0, 0.1) is 5.41 Å². The molecule has 1 aromatic heterocycles. The average Bonchev–Trinajstić information content (AvgIpc) is 2.64. The highest BCUT2D eigenvalue weighted by Crippen LogP contribution is 2.37. The molecule has 0 radical (unpaired) electrons. The molecule has 136 valence electrons. The Morgan fingerprint density at radius 2 is 1.96 bits per heavy atom. The van der Waals surface area contributed by atoms with Gasteiger partial charge in [-0.1, -0.05) is 30.3 Å². The summed E-state index contributed by atoms with van der Waals surface area (Å²) in [5.41, 5.74) is 0.207. The van der Waals surface area contributed by atoms with E-state index in [0.29, 0.717) is 24.3 Å². The number of ketones is 1. The van der Waals surface area contributed by atoms with Gasteiger partial charge in [0.05, 0.1) is 6.10 Å². The predicted octanol–water partition coefficient (Wildman–Crippen LogP) is 2.17. The zero-order chi connectivity index (χ0) is 18.7. The summed E-state index contributed by atoms with van der Waals surface area (Å²) in [6.45, 7) is 2.14. The molecule has 0 bridgehead atoms. The van der Waals surface area contributed by atoms with Crippen LogP contribution in [0.3, 0.4) is 0 Å². The smallest absolute Gasteiger partial charge is 0.312 e. The molecule has 0 aliphatic carbocycles. The van der Waals surface area contributed by atoms with Crippen molar-refractivity contribution in [1.82, 2.24) is 4.98 Å². The van der Waals surface area contributed by atoms with Crippen LogP contribution in [0.1, 0.15) is 29.3 Å². The quantitative estimate of drug-likeness (QED) is 0.800. The van der Waals surface area contributed by atoms with E-state index >= 15 is 0 Å². The van der Waals surface area contributed by atoms with E-state index in [4.69, 9.17) is 0 Å². The predicted molar refractivity (Wildman–Crippen MR) is 97.3 cm³/mol. The van der Waals surface area contributed by atoms with Crippen LogP contribution in [0.25, 0.3) is 0 Å². The van der Waals surface area contributed by atoms with Crippen molar-refractivity contribution in [2.45, 2.75) is 25.9 Å². The van der Waals surface area contributed by atoms with Gasteiger partial charge in [-0.15, -0.1) is 0 Å². The van der Waals surface area contributed by atoms with Crippen molar-refractivity contribution in [2.75, 3.05) is 18.0 Å². The number of piperidine rings is 1. The molecule has 1 aliphatic heterocycles.